The first kappa shape index (κ1) is 14.1. The molecule has 3 rings (SSSR count). The van der Waals surface area contributed by atoms with E-state index in [1.807, 2.05) is 30.3 Å². The molecule has 0 saturated heterocycles. The van der Waals surface area contributed by atoms with Crippen molar-refractivity contribution in [3.8, 4) is 0 Å². The van der Waals surface area contributed by atoms with Gasteiger partial charge < -0.3 is 14.8 Å². The number of carbonyl (C=O) groups excluding carboxylic acids is 2. The van der Waals surface area contributed by atoms with E-state index in [-0.39, 0.29) is 18.7 Å². The predicted molar refractivity (Wildman–Crippen MR) is 78.6 cm³/mol. The number of carbonyl (C=O) groups is 2. The van der Waals surface area contributed by atoms with E-state index in [4.69, 9.17) is 4.74 Å². The average molecular weight is 287 g/mol. The average Bonchev–Trinajstić information content (AvgIpc) is 3.10. The summed E-state index contributed by atoms with van der Waals surface area (Å²) in [6, 6.07) is 9.75. The summed E-state index contributed by atoms with van der Waals surface area (Å²) in [5.74, 6) is 1.41. The zero-order valence-corrected chi connectivity index (χ0v) is 12.0. The summed E-state index contributed by atoms with van der Waals surface area (Å²) in [6.07, 6.45) is 4.65. The maximum atomic E-state index is 12.0. The first-order chi connectivity index (χ1) is 10.3. The first-order valence-corrected chi connectivity index (χ1v) is 7.69. The molecule has 1 N–H and O–H groups in total. The largest absolute Gasteiger partial charge is 0.445 e. The van der Waals surface area contributed by atoms with Gasteiger partial charge in [-0.25, -0.2) is 4.79 Å². The number of aldehydes is 1. The summed E-state index contributed by atoms with van der Waals surface area (Å²) >= 11 is 0. The molecule has 0 heterocycles. The van der Waals surface area contributed by atoms with Gasteiger partial charge >= 0.3 is 6.09 Å². The van der Waals surface area contributed by atoms with Crippen molar-refractivity contribution >= 4 is 12.4 Å². The fourth-order valence-corrected chi connectivity index (χ4v) is 3.99. The minimum Gasteiger partial charge on any atom is -0.445 e. The lowest BCUT2D eigenvalue weighted by molar-refractivity contribution is -0.109. The highest BCUT2D eigenvalue weighted by molar-refractivity contribution is 5.68. The van der Waals surface area contributed by atoms with Gasteiger partial charge in [-0.05, 0) is 42.6 Å². The van der Waals surface area contributed by atoms with Gasteiger partial charge in [0, 0.05) is 12.5 Å². The summed E-state index contributed by atoms with van der Waals surface area (Å²) in [5.41, 5.74) is 0.977. The number of benzene rings is 1. The molecule has 2 bridgehead atoms. The maximum absolute atomic E-state index is 12.0. The molecule has 1 amide bonds. The SMILES string of the molecule is O=CC[C@H]1[C@@H]2CC[C@@H](C2)[C@H]1NC(=O)OCc1ccccc1. The Kier molecular flexibility index (Phi) is 4.23. The quantitative estimate of drug-likeness (QED) is 0.847. The second kappa shape index (κ2) is 6.29. The molecular formula is C17H21NO3. The van der Waals surface area contributed by atoms with Crippen molar-refractivity contribution < 1.29 is 14.3 Å². The Morgan fingerprint density at radius 3 is 2.76 bits per heavy atom. The molecular weight excluding hydrogens is 266 g/mol. The van der Waals surface area contributed by atoms with Crippen molar-refractivity contribution in [3.05, 3.63) is 35.9 Å². The van der Waals surface area contributed by atoms with Gasteiger partial charge in [0.05, 0.1) is 0 Å². The fraction of sp³-hybridized carbons (Fsp3) is 0.529. The van der Waals surface area contributed by atoms with E-state index < -0.39 is 0 Å². The summed E-state index contributed by atoms with van der Waals surface area (Å²) < 4.78 is 5.29. The van der Waals surface area contributed by atoms with Crippen molar-refractivity contribution in [2.45, 2.75) is 38.3 Å². The zero-order valence-electron chi connectivity index (χ0n) is 12.0. The predicted octanol–water partition coefficient (Wildman–Crippen LogP) is 2.92. The third-order valence-corrected chi connectivity index (χ3v) is 4.95. The lowest BCUT2D eigenvalue weighted by Crippen LogP contribution is -2.44. The highest BCUT2D eigenvalue weighted by Gasteiger charge is 2.47. The maximum Gasteiger partial charge on any atom is 0.407 e. The lowest BCUT2D eigenvalue weighted by Gasteiger charge is -2.30. The summed E-state index contributed by atoms with van der Waals surface area (Å²) in [5, 5.41) is 3.00. The number of alkyl carbamates (subject to hydrolysis) is 1. The van der Waals surface area contributed by atoms with Crippen LogP contribution in [0.2, 0.25) is 0 Å². The fourth-order valence-electron chi connectivity index (χ4n) is 3.99. The van der Waals surface area contributed by atoms with Gasteiger partial charge in [-0.1, -0.05) is 30.3 Å². The molecule has 1 aromatic rings. The van der Waals surface area contributed by atoms with E-state index in [2.05, 4.69) is 5.32 Å². The minimum absolute atomic E-state index is 0.109. The lowest BCUT2D eigenvalue weighted by atomic mass is 9.83. The molecule has 2 fully saturated rings. The van der Waals surface area contributed by atoms with Gasteiger partial charge in [0.1, 0.15) is 12.9 Å². The van der Waals surface area contributed by atoms with Crippen LogP contribution in [-0.4, -0.2) is 18.4 Å². The number of hydrogen-bond donors (Lipinski definition) is 1. The van der Waals surface area contributed by atoms with Crippen LogP contribution in [-0.2, 0) is 16.1 Å². The molecule has 0 spiro atoms. The van der Waals surface area contributed by atoms with Crippen LogP contribution in [0.5, 0.6) is 0 Å². The van der Waals surface area contributed by atoms with Gasteiger partial charge in [0.25, 0.3) is 0 Å². The summed E-state index contributed by atoms with van der Waals surface area (Å²) in [7, 11) is 0. The van der Waals surface area contributed by atoms with E-state index in [1.165, 1.54) is 6.42 Å². The van der Waals surface area contributed by atoms with Crippen LogP contribution in [0, 0.1) is 17.8 Å². The van der Waals surface area contributed by atoms with E-state index in [1.54, 1.807) is 0 Å². The van der Waals surface area contributed by atoms with E-state index >= 15 is 0 Å². The van der Waals surface area contributed by atoms with Gasteiger partial charge in [-0.2, -0.15) is 0 Å². The van der Waals surface area contributed by atoms with Crippen LogP contribution in [0.4, 0.5) is 4.79 Å². The highest BCUT2D eigenvalue weighted by atomic mass is 16.5. The van der Waals surface area contributed by atoms with Crippen molar-refractivity contribution in [2.75, 3.05) is 0 Å². The molecule has 4 atom stereocenters. The van der Waals surface area contributed by atoms with Crippen molar-refractivity contribution in [2.24, 2.45) is 17.8 Å². The van der Waals surface area contributed by atoms with E-state index in [0.29, 0.717) is 24.2 Å². The molecule has 2 aliphatic rings. The molecule has 4 heteroatoms. The van der Waals surface area contributed by atoms with Crippen LogP contribution in [0.1, 0.15) is 31.2 Å². The van der Waals surface area contributed by atoms with Gasteiger partial charge in [-0.15, -0.1) is 0 Å². The molecule has 0 unspecified atom stereocenters. The Hall–Kier alpha value is -1.84. The van der Waals surface area contributed by atoms with Crippen LogP contribution in [0.3, 0.4) is 0 Å². The zero-order chi connectivity index (χ0) is 14.7. The molecule has 0 radical (unpaired) electrons. The van der Waals surface area contributed by atoms with Crippen LogP contribution in [0.25, 0.3) is 0 Å². The number of fused-ring (bicyclic) bond motifs is 2. The Balaban J connectivity index is 1.53. The van der Waals surface area contributed by atoms with E-state index in [9.17, 15) is 9.59 Å². The monoisotopic (exact) mass is 287 g/mol. The Bertz CT molecular complexity index is 502. The van der Waals surface area contributed by atoms with E-state index in [0.717, 1.165) is 24.7 Å². The number of ether oxygens (including phenoxy) is 1. The molecule has 1 aromatic carbocycles. The third-order valence-electron chi connectivity index (χ3n) is 4.95. The molecule has 0 aliphatic heterocycles. The Morgan fingerprint density at radius 2 is 2.00 bits per heavy atom. The first-order valence-electron chi connectivity index (χ1n) is 7.69. The smallest absolute Gasteiger partial charge is 0.407 e. The molecule has 2 saturated carbocycles. The summed E-state index contributed by atoms with van der Waals surface area (Å²) in [6.45, 7) is 0.284. The molecule has 21 heavy (non-hydrogen) atoms. The topological polar surface area (TPSA) is 55.4 Å². The normalized spacial score (nSPS) is 30.1. The number of hydrogen-bond acceptors (Lipinski definition) is 3. The van der Waals surface area contributed by atoms with Crippen molar-refractivity contribution in [3.63, 3.8) is 0 Å². The van der Waals surface area contributed by atoms with Crippen molar-refractivity contribution in [1.29, 1.82) is 0 Å². The summed E-state index contributed by atoms with van der Waals surface area (Å²) in [4.78, 5) is 22.8. The van der Waals surface area contributed by atoms with Gasteiger partial charge in [0.15, 0.2) is 0 Å². The number of amides is 1. The minimum atomic E-state index is -0.368. The molecule has 112 valence electrons. The van der Waals surface area contributed by atoms with Crippen molar-refractivity contribution in [1.82, 2.24) is 5.32 Å². The number of rotatable bonds is 5. The Labute approximate surface area is 124 Å². The highest BCUT2D eigenvalue weighted by Crippen LogP contribution is 2.49. The standard InChI is InChI=1S/C17H21NO3/c19-9-8-15-13-6-7-14(10-13)16(15)18-17(20)21-11-12-4-2-1-3-5-12/h1-5,9,13-16H,6-8,10-11H2,(H,18,20)/t13-,14+,15+,16-/m1/s1. The van der Waals surface area contributed by atoms with Crippen LogP contribution < -0.4 is 5.32 Å². The second-order valence-electron chi connectivity index (χ2n) is 6.13. The van der Waals surface area contributed by atoms with Gasteiger partial charge in [-0.3, -0.25) is 0 Å². The molecule has 2 aliphatic carbocycles. The van der Waals surface area contributed by atoms with Crippen LogP contribution >= 0.6 is 0 Å². The van der Waals surface area contributed by atoms with Gasteiger partial charge in [0.2, 0.25) is 0 Å². The molecule has 4 nitrogen and oxygen atoms in total. The second-order valence-corrected chi connectivity index (χ2v) is 6.13. The van der Waals surface area contributed by atoms with Crippen LogP contribution in [0.15, 0.2) is 30.3 Å². The Morgan fingerprint density at radius 1 is 1.24 bits per heavy atom. The number of nitrogens with one attached hydrogen (secondary N) is 1. The third kappa shape index (κ3) is 3.09. The molecule has 0 aromatic heterocycles.